The molecule has 2 nitrogen and oxygen atoms in total. The van der Waals surface area contributed by atoms with Crippen LogP contribution in [0.2, 0.25) is 5.02 Å². The first-order valence-corrected chi connectivity index (χ1v) is 3.59. The first kappa shape index (κ1) is 8.21. The van der Waals surface area contributed by atoms with Crippen molar-refractivity contribution in [1.29, 1.82) is 0 Å². The van der Waals surface area contributed by atoms with E-state index in [1.165, 1.54) is 6.07 Å². The van der Waals surface area contributed by atoms with Crippen molar-refractivity contribution in [2.24, 2.45) is 4.99 Å². The van der Waals surface area contributed by atoms with Gasteiger partial charge in [-0.2, -0.15) is 4.99 Å². The highest BCUT2D eigenvalue weighted by Crippen LogP contribution is 2.27. The molecule has 0 heterocycles. The Morgan fingerprint density at radius 1 is 1.55 bits per heavy atom. The minimum Gasteiger partial charge on any atom is -0.506 e. The van der Waals surface area contributed by atoms with Crippen molar-refractivity contribution in [2.45, 2.75) is 0 Å². The summed E-state index contributed by atoms with van der Waals surface area (Å²) in [6, 6.07) is 4.60. The highest BCUT2D eigenvalue weighted by Gasteiger charge is 1.97. The predicted octanol–water partition coefficient (Wildman–Crippen LogP) is 2.78. The highest BCUT2D eigenvalue weighted by molar-refractivity contribution is 7.78. The van der Waals surface area contributed by atoms with Gasteiger partial charge in [-0.15, -0.1) is 0 Å². The summed E-state index contributed by atoms with van der Waals surface area (Å²) >= 11 is 9.92. The van der Waals surface area contributed by atoms with Crippen molar-refractivity contribution < 1.29 is 5.11 Å². The average molecular weight is 186 g/mol. The first-order valence-electron chi connectivity index (χ1n) is 2.80. The van der Waals surface area contributed by atoms with Crippen LogP contribution >= 0.6 is 23.8 Å². The van der Waals surface area contributed by atoms with E-state index < -0.39 is 0 Å². The van der Waals surface area contributed by atoms with Gasteiger partial charge in [0.15, 0.2) is 0 Å². The normalized spacial score (nSPS) is 8.82. The lowest BCUT2D eigenvalue weighted by molar-refractivity contribution is 0.476. The smallest absolute Gasteiger partial charge is 0.136 e. The van der Waals surface area contributed by atoms with E-state index >= 15 is 0 Å². The molecule has 0 spiro atoms. The van der Waals surface area contributed by atoms with Gasteiger partial charge in [-0.25, -0.2) is 0 Å². The maximum Gasteiger partial charge on any atom is 0.136 e. The third-order valence-electron chi connectivity index (χ3n) is 1.10. The lowest BCUT2D eigenvalue weighted by atomic mass is 10.3. The lowest BCUT2D eigenvalue weighted by Gasteiger charge is -1.95. The number of isothiocyanates is 1. The number of aliphatic imine (C=N–C) groups is 1. The molecule has 1 aromatic carbocycles. The van der Waals surface area contributed by atoms with Crippen LogP contribution < -0.4 is 0 Å². The zero-order valence-electron chi connectivity index (χ0n) is 5.41. The van der Waals surface area contributed by atoms with E-state index in [9.17, 15) is 0 Å². The number of phenols is 1. The third-order valence-corrected chi connectivity index (χ3v) is 1.52. The molecule has 1 rings (SSSR count). The van der Waals surface area contributed by atoms with E-state index in [1.54, 1.807) is 12.1 Å². The Morgan fingerprint density at radius 3 is 2.82 bits per heavy atom. The summed E-state index contributed by atoms with van der Waals surface area (Å²) in [4.78, 5) is 3.65. The summed E-state index contributed by atoms with van der Waals surface area (Å²) in [6.45, 7) is 0. The monoisotopic (exact) mass is 185 g/mol. The number of hydrogen-bond acceptors (Lipinski definition) is 3. The van der Waals surface area contributed by atoms with Gasteiger partial charge in [-0.1, -0.05) is 11.6 Å². The van der Waals surface area contributed by atoms with Crippen molar-refractivity contribution in [3.63, 3.8) is 0 Å². The summed E-state index contributed by atoms with van der Waals surface area (Å²) in [6.07, 6.45) is 0. The molecule has 56 valence electrons. The Labute approximate surface area is 74.1 Å². The fourth-order valence-electron chi connectivity index (χ4n) is 0.623. The van der Waals surface area contributed by atoms with Crippen LogP contribution in [0.3, 0.4) is 0 Å². The second-order valence-electron chi connectivity index (χ2n) is 1.84. The van der Waals surface area contributed by atoms with Crippen LogP contribution in [0.4, 0.5) is 5.69 Å². The highest BCUT2D eigenvalue weighted by atomic mass is 35.5. The van der Waals surface area contributed by atoms with E-state index in [1.807, 2.05) is 0 Å². The van der Waals surface area contributed by atoms with Gasteiger partial charge in [0, 0.05) is 6.07 Å². The zero-order chi connectivity index (χ0) is 8.27. The molecule has 1 N–H and O–H groups in total. The maximum absolute atomic E-state index is 9.07. The molecule has 0 aliphatic heterocycles. The Morgan fingerprint density at radius 2 is 2.27 bits per heavy atom. The molecule has 0 unspecified atom stereocenters. The first-order chi connectivity index (χ1) is 5.24. The molecule has 0 saturated carbocycles. The molecule has 0 aromatic heterocycles. The summed E-state index contributed by atoms with van der Waals surface area (Å²) in [5, 5.41) is 11.6. The molecule has 4 heteroatoms. The van der Waals surface area contributed by atoms with Crippen molar-refractivity contribution in [1.82, 2.24) is 0 Å². The molecule has 1 aromatic rings. The molecule has 0 aliphatic rings. The predicted molar refractivity (Wildman–Crippen MR) is 47.8 cm³/mol. The van der Waals surface area contributed by atoms with Gasteiger partial charge in [0.05, 0.1) is 15.9 Å². The summed E-state index contributed by atoms with van der Waals surface area (Å²) in [7, 11) is 0. The van der Waals surface area contributed by atoms with Crippen LogP contribution in [0.1, 0.15) is 0 Å². The van der Waals surface area contributed by atoms with Gasteiger partial charge in [-0.05, 0) is 24.4 Å². The quantitative estimate of drug-likeness (QED) is 0.539. The van der Waals surface area contributed by atoms with E-state index in [0.29, 0.717) is 10.7 Å². The number of thiocarbonyl (C=S) groups is 1. The van der Waals surface area contributed by atoms with E-state index in [0.717, 1.165) is 0 Å². The lowest BCUT2D eigenvalue weighted by Crippen LogP contribution is -1.67. The molecule has 0 bridgehead atoms. The van der Waals surface area contributed by atoms with Crippen LogP contribution in [-0.4, -0.2) is 10.3 Å². The third kappa shape index (κ3) is 2.02. The van der Waals surface area contributed by atoms with Crippen LogP contribution in [0.25, 0.3) is 0 Å². The van der Waals surface area contributed by atoms with Gasteiger partial charge < -0.3 is 5.11 Å². The van der Waals surface area contributed by atoms with E-state index in [-0.39, 0.29) is 5.75 Å². The number of nitrogens with zero attached hydrogens (tertiary/aromatic N) is 1. The molecule has 11 heavy (non-hydrogen) atoms. The molecule has 0 radical (unpaired) electrons. The Bertz CT molecular complexity index is 320. The number of phenolic OH excluding ortho intramolecular Hbond substituents is 1. The van der Waals surface area contributed by atoms with Crippen LogP contribution in [0, 0.1) is 0 Å². The molecule has 0 fully saturated rings. The second-order valence-corrected chi connectivity index (χ2v) is 2.43. The number of benzene rings is 1. The largest absolute Gasteiger partial charge is 0.506 e. The van der Waals surface area contributed by atoms with Gasteiger partial charge >= 0.3 is 0 Å². The Hall–Kier alpha value is -0.890. The van der Waals surface area contributed by atoms with Crippen LogP contribution in [0.15, 0.2) is 23.2 Å². The molecular weight excluding hydrogens is 182 g/mol. The van der Waals surface area contributed by atoms with Gasteiger partial charge in [0.1, 0.15) is 5.75 Å². The standard InChI is InChI=1S/C7H4ClNOS/c8-6-2-1-5(9-4-11)3-7(6)10/h1-3,10H. The second kappa shape index (κ2) is 3.49. The van der Waals surface area contributed by atoms with E-state index in [2.05, 4.69) is 22.4 Å². The maximum atomic E-state index is 9.07. The number of rotatable bonds is 1. The Balaban J connectivity index is 3.14. The topological polar surface area (TPSA) is 32.6 Å². The van der Waals surface area contributed by atoms with E-state index in [4.69, 9.17) is 16.7 Å². The van der Waals surface area contributed by atoms with Gasteiger partial charge in [-0.3, -0.25) is 0 Å². The summed E-state index contributed by atoms with van der Waals surface area (Å²) in [5.41, 5.74) is 0.543. The summed E-state index contributed by atoms with van der Waals surface area (Å²) < 4.78 is 0. The fourth-order valence-corrected chi connectivity index (χ4v) is 0.846. The van der Waals surface area contributed by atoms with Gasteiger partial charge in [0.25, 0.3) is 0 Å². The van der Waals surface area contributed by atoms with Crippen molar-refractivity contribution in [2.75, 3.05) is 0 Å². The summed E-state index contributed by atoms with van der Waals surface area (Å²) in [5.74, 6) is -0.00170. The van der Waals surface area contributed by atoms with Crippen LogP contribution in [0.5, 0.6) is 5.75 Å². The molecule has 0 aliphatic carbocycles. The van der Waals surface area contributed by atoms with Crippen molar-refractivity contribution in [3.8, 4) is 5.75 Å². The SMILES string of the molecule is Oc1cc(N=C=S)ccc1Cl. The Kier molecular flexibility index (Phi) is 2.60. The molecule has 0 atom stereocenters. The number of aromatic hydroxyl groups is 1. The van der Waals surface area contributed by atoms with Crippen molar-refractivity contribution >= 4 is 34.7 Å². The molecule has 0 amide bonds. The fraction of sp³-hybridized carbons (Fsp3) is 0. The number of halogens is 1. The number of hydrogen-bond donors (Lipinski definition) is 1. The zero-order valence-corrected chi connectivity index (χ0v) is 6.99. The van der Waals surface area contributed by atoms with Gasteiger partial charge in [0.2, 0.25) is 0 Å². The molecule has 0 saturated heterocycles. The van der Waals surface area contributed by atoms with Crippen molar-refractivity contribution in [3.05, 3.63) is 23.2 Å². The van der Waals surface area contributed by atoms with Crippen LogP contribution in [-0.2, 0) is 0 Å². The minimum atomic E-state index is -0.00170. The molecular formula is C7H4ClNOS. The minimum absolute atomic E-state index is 0.00170. The average Bonchev–Trinajstić information content (AvgIpc) is 1.98.